The van der Waals surface area contributed by atoms with Crippen molar-refractivity contribution in [1.82, 2.24) is 14.5 Å². The Morgan fingerprint density at radius 1 is 1.26 bits per heavy atom. The van der Waals surface area contributed by atoms with Crippen LogP contribution in [0.4, 0.5) is 11.1 Å². The number of hydrogen-bond acceptors (Lipinski definition) is 5. The molecule has 0 atom stereocenters. The van der Waals surface area contributed by atoms with Crippen LogP contribution in [0.3, 0.4) is 0 Å². The summed E-state index contributed by atoms with van der Waals surface area (Å²) in [5.41, 5.74) is 1.75. The zero-order valence-corrected chi connectivity index (χ0v) is 13.8. The predicted molar refractivity (Wildman–Crippen MR) is 90.1 cm³/mol. The lowest BCUT2D eigenvalue weighted by molar-refractivity contribution is -0.114. The lowest BCUT2D eigenvalue weighted by atomic mass is 10.3. The number of carbonyl (C=O) groups excluding carboxylic acids is 2. The molecule has 2 aromatic heterocycles. The number of fused-ring (bicyclic) bond motifs is 1. The number of anilines is 2. The summed E-state index contributed by atoms with van der Waals surface area (Å²) in [7, 11) is 1.79. The monoisotopic (exact) mass is 349 g/mol. The Morgan fingerprint density at radius 3 is 2.78 bits per heavy atom. The van der Waals surface area contributed by atoms with Gasteiger partial charge in [0, 0.05) is 24.4 Å². The molecule has 0 aliphatic heterocycles. The number of nitrogens with one attached hydrogen (secondary N) is 2. The molecule has 118 valence electrons. The van der Waals surface area contributed by atoms with Crippen molar-refractivity contribution in [3.05, 3.63) is 34.3 Å². The highest BCUT2D eigenvalue weighted by Crippen LogP contribution is 2.22. The van der Waals surface area contributed by atoms with Crippen molar-refractivity contribution < 1.29 is 9.59 Å². The van der Waals surface area contributed by atoms with Gasteiger partial charge in [-0.15, -0.1) is 11.3 Å². The first kappa shape index (κ1) is 15.4. The number of amides is 2. The van der Waals surface area contributed by atoms with E-state index in [1.165, 1.54) is 18.3 Å². The number of aryl methyl sites for hydroxylation is 1. The molecule has 0 aliphatic rings. The third-order valence-corrected chi connectivity index (χ3v) is 4.08. The summed E-state index contributed by atoms with van der Waals surface area (Å²) in [6.07, 6.45) is 0. The SMILES string of the molecule is CC(=O)Nc1nc(C(=O)Nc2nc3cc(Cl)ccc3n2C)cs1. The van der Waals surface area contributed by atoms with Gasteiger partial charge in [0.05, 0.1) is 11.0 Å². The summed E-state index contributed by atoms with van der Waals surface area (Å²) in [5.74, 6) is -0.248. The lowest BCUT2D eigenvalue weighted by Crippen LogP contribution is -2.15. The molecule has 0 saturated carbocycles. The molecule has 9 heteroatoms. The second-order valence-electron chi connectivity index (χ2n) is 4.80. The van der Waals surface area contributed by atoms with Crippen molar-refractivity contribution in [2.75, 3.05) is 10.6 Å². The molecule has 0 saturated heterocycles. The lowest BCUT2D eigenvalue weighted by Gasteiger charge is -2.03. The second kappa shape index (κ2) is 5.98. The largest absolute Gasteiger partial charge is 0.313 e. The molecular weight excluding hydrogens is 338 g/mol. The molecule has 2 N–H and O–H groups in total. The first-order chi connectivity index (χ1) is 10.9. The van der Waals surface area contributed by atoms with Gasteiger partial charge in [-0.2, -0.15) is 0 Å². The third-order valence-electron chi connectivity index (χ3n) is 3.09. The average Bonchev–Trinajstić information content (AvgIpc) is 3.04. The van der Waals surface area contributed by atoms with E-state index >= 15 is 0 Å². The fourth-order valence-corrected chi connectivity index (χ4v) is 2.94. The van der Waals surface area contributed by atoms with Crippen LogP contribution in [-0.2, 0) is 11.8 Å². The van der Waals surface area contributed by atoms with E-state index in [1.54, 1.807) is 29.1 Å². The fraction of sp³-hybridized carbons (Fsp3) is 0.143. The Kier molecular flexibility index (Phi) is 4.01. The van der Waals surface area contributed by atoms with Gasteiger partial charge in [0.25, 0.3) is 5.91 Å². The molecule has 0 fully saturated rings. The molecule has 0 bridgehead atoms. The normalized spacial score (nSPS) is 10.7. The Labute approximate surface area is 140 Å². The minimum Gasteiger partial charge on any atom is -0.313 e. The number of halogens is 1. The molecule has 3 aromatic rings. The summed E-state index contributed by atoms with van der Waals surface area (Å²) in [5, 5.41) is 7.76. The van der Waals surface area contributed by atoms with Crippen molar-refractivity contribution in [3.63, 3.8) is 0 Å². The molecule has 7 nitrogen and oxygen atoms in total. The zero-order chi connectivity index (χ0) is 16.6. The maximum absolute atomic E-state index is 12.3. The number of carbonyl (C=O) groups is 2. The van der Waals surface area contributed by atoms with E-state index in [0.717, 1.165) is 5.52 Å². The first-order valence-corrected chi connectivity index (χ1v) is 7.86. The van der Waals surface area contributed by atoms with E-state index < -0.39 is 5.91 Å². The maximum atomic E-state index is 12.3. The Hall–Kier alpha value is -2.45. The number of hydrogen-bond donors (Lipinski definition) is 2. The van der Waals surface area contributed by atoms with Gasteiger partial charge in [-0.1, -0.05) is 11.6 Å². The zero-order valence-electron chi connectivity index (χ0n) is 12.3. The Bertz CT molecular complexity index is 917. The summed E-state index contributed by atoms with van der Waals surface area (Å²) in [6, 6.07) is 5.32. The van der Waals surface area contributed by atoms with E-state index in [2.05, 4.69) is 20.6 Å². The van der Waals surface area contributed by atoms with Crippen LogP contribution >= 0.6 is 22.9 Å². The molecule has 0 radical (unpaired) electrons. The average molecular weight is 350 g/mol. The van der Waals surface area contributed by atoms with E-state index in [9.17, 15) is 9.59 Å². The molecule has 2 amide bonds. The van der Waals surface area contributed by atoms with E-state index in [-0.39, 0.29) is 11.6 Å². The topological polar surface area (TPSA) is 88.9 Å². The van der Waals surface area contributed by atoms with Gasteiger partial charge in [0.1, 0.15) is 5.69 Å². The van der Waals surface area contributed by atoms with Crippen LogP contribution in [0.2, 0.25) is 5.02 Å². The minimum absolute atomic E-state index is 0.212. The maximum Gasteiger partial charge on any atom is 0.277 e. The standard InChI is InChI=1S/C14H12ClN5O2S/c1-7(21)16-14-18-10(6-23-14)12(22)19-13-17-9-5-8(15)3-4-11(9)20(13)2/h3-6H,1-2H3,(H,16,18,21)(H,17,19,22). The Balaban J connectivity index is 1.84. The molecule has 3 rings (SSSR count). The third kappa shape index (κ3) is 3.17. The van der Waals surface area contributed by atoms with Gasteiger partial charge < -0.3 is 9.88 Å². The van der Waals surface area contributed by atoms with Crippen LogP contribution in [-0.4, -0.2) is 26.3 Å². The van der Waals surface area contributed by atoms with Gasteiger partial charge >= 0.3 is 0 Å². The number of thiazole rings is 1. The van der Waals surface area contributed by atoms with Crippen LogP contribution < -0.4 is 10.6 Å². The van der Waals surface area contributed by atoms with Crippen LogP contribution in [0.15, 0.2) is 23.6 Å². The molecule has 0 spiro atoms. The molecule has 23 heavy (non-hydrogen) atoms. The van der Waals surface area contributed by atoms with Crippen molar-refractivity contribution in [3.8, 4) is 0 Å². The van der Waals surface area contributed by atoms with Crippen molar-refractivity contribution in [1.29, 1.82) is 0 Å². The molecule has 1 aromatic carbocycles. The summed E-state index contributed by atoms with van der Waals surface area (Å²) in [6.45, 7) is 1.38. The molecule has 0 unspecified atom stereocenters. The second-order valence-corrected chi connectivity index (χ2v) is 6.10. The van der Waals surface area contributed by atoms with Crippen LogP contribution in [0.25, 0.3) is 11.0 Å². The van der Waals surface area contributed by atoms with Gasteiger partial charge in [-0.3, -0.25) is 14.9 Å². The van der Waals surface area contributed by atoms with Crippen LogP contribution in [0, 0.1) is 0 Å². The van der Waals surface area contributed by atoms with Crippen molar-refractivity contribution >= 4 is 56.9 Å². The number of aromatic nitrogens is 3. The van der Waals surface area contributed by atoms with Crippen molar-refractivity contribution in [2.45, 2.75) is 6.92 Å². The quantitative estimate of drug-likeness (QED) is 0.760. The van der Waals surface area contributed by atoms with E-state index in [4.69, 9.17) is 11.6 Å². The van der Waals surface area contributed by atoms with Crippen molar-refractivity contribution in [2.24, 2.45) is 7.05 Å². The fourth-order valence-electron chi connectivity index (χ4n) is 2.04. The van der Waals surface area contributed by atoms with Gasteiger partial charge in [0.15, 0.2) is 5.13 Å². The highest BCUT2D eigenvalue weighted by atomic mass is 35.5. The van der Waals surface area contributed by atoms with E-state index in [0.29, 0.717) is 21.6 Å². The highest BCUT2D eigenvalue weighted by molar-refractivity contribution is 7.14. The summed E-state index contributed by atoms with van der Waals surface area (Å²) in [4.78, 5) is 31.6. The summed E-state index contributed by atoms with van der Waals surface area (Å²) < 4.78 is 1.75. The number of imidazole rings is 1. The molecular formula is C14H12ClN5O2S. The van der Waals surface area contributed by atoms with Gasteiger partial charge in [0.2, 0.25) is 11.9 Å². The smallest absolute Gasteiger partial charge is 0.277 e. The number of nitrogens with zero attached hydrogens (tertiary/aromatic N) is 3. The molecule has 0 aliphatic carbocycles. The Morgan fingerprint density at radius 2 is 2.04 bits per heavy atom. The van der Waals surface area contributed by atoms with Gasteiger partial charge in [-0.05, 0) is 18.2 Å². The van der Waals surface area contributed by atoms with Crippen LogP contribution in [0.1, 0.15) is 17.4 Å². The summed E-state index contributed by atoms with van der Waals surface area (Å²) >= 11 is 7.13. The van der Waals surface area contributed by atoms with Gasteiger partial charge in [-0.25, -0.2) is 9.97 Å². The van der Waals surface area contributed by atoms with Crippen LogP contribution in [0.5, 0.6) is 0 Å². The molecule has 2 heterocycles. The number of rotatable bonds is 3. The first-order valence-electron chi connectivity index (χ1n) is 6.60. The number of benzene rings is 1. The highest BCUT2D eigenvalue weighted by Gasteiger charge is 2.15. The predicted octanol–water partition coefficient (Wildman–Crippen LogP) is 2.89. The van der Waals surface area contributed by atoms with E-state index in [1.807, 2.05) is 6.07 Å². The minimum atomic E-state index is -0.401.